The minimum Gasteiger partial charge on any atom is -0.381 e. The Morgan fingerprint density at radius 1 is 1.42 bits per heavy atom. The molecule has 2 rings (SSSR count). The maximum atomic E-state index is 12.4. The summed E-state index contributed by atoms with van der Waals surface area (Å²) in [6, 6.07) is 3.42. The number of rotatable bonds is 5. The van der Waals surface area contributed by atoms with Gasteiger partial charge in [0, 0.05) is 38.2 Å². The zero-order valence-electron chi connectivity index (χ0n) is 11.0. The van der Waals surface area contributed by atoms with Gasteiger partial charge >= 0.3 is 0 Å². The first-order valence-electron chi connectivity index (χ1n) is 6.37. The van der Waals surface area contributed by atoms with Crippen LogP contribution in [0.1, 0.15) is 17.7 Å². The van der Waals surface area contributed by atoms with Crippen molar-refractivity contribution in [1.29, 1.82) is 0 Å². The summed E-state index contributed by atoms with van der Waals surface area (Å²) in [6.07, 6.45) is 1.86. The lowest BCUT2D eigenvalue weighted by atomic mass is 10.0. The highest BCUT2D eigenvalue weighted by Crippen LogP contribution is 2.25. The van der Waals surface area contributed by atoms with Gasteiger partial charge in [-0.1, -0.05) is 0 Å². The van der Waals surface area contributed by atoms with Gasteiger partial charge in [-0.05, 0) is 30.9 Å². The highest BCUT2D eigenvalue weighted by atomic mass is 32.2. The normalized spacial score (nSPS) is 18.1. The Bertz CT molecular complexity index is 507. The van der Waals surface area contributed by atoms with Crippen LogP contribution >= 0.6 is 11.3 Å². The smallest absolute Gasteiger partial charge is 0.252 e. The average Bonchev–Trinajstić information content (AvgIpc) is 2.89. The Kier molecular flexibility index (Phi) is 4.97. The van der Waals surface area contributed by atoms with E-state index < -0.39 is 10.0 Å². The third-order valence-corrected chi connectivity index (χ3v) is 6.76. The van der Waals surface area contributed by atoms with Crippen molar-refractivity contribution in [3.05, 3.63) is 17.0 Å². The number of nitrogens with zero attached hydrogens (tertiary/aromatic N) is 1. The van der Waals surface area contributed by atoms with Gasteiger partial charge in [-0.2, -0.15) is 4.31 Å². The van der Waals surface area contributed by atoms with Crippen LogP contribution in [0.5, 0.6) is 0 Å². The van der Waals surface area contributed by atoms with Crippen LogP contribution in [0, 0.1) is 5.92 Å². The first kappa shape index (κ1) is 14.9. The van der Waals surface area contributed by atoms with Crippen molar-refractivity contribution in [2.75, 3.05) is 26.8 Å². The molecule has 0 saturated carbocycles. The lowest BCUT2D eigenvalue weighted by Gasteiger charge is -2.26. The second-order valence-electron chi connectivity index (χ2n) is 4.77. The first-order valence-corrected chi connectivity index (χ1v) is 8.62. The average molecular weight is 304 g/mol. The monoisotopic (exact) mass is 304 g/mol. The lowest BCUT2D eigenvalue weighted by Crippen LogP contribution is -2.33. The van der Waals surface area contributed by atoms with Crippen LogP contribution in [0.3, 0.4) is 0 Å². The van der Waals surface area contributed by atoms with E-state index in [9.17, 15) is 8.42 Å². The molecule has 0 atom stereocenters. The molecule has 2 heterocycles. The van der Waals surface area contributed by atoms with E-state index in [1.54, 1.807) is 19.2 Å². The highest BCUT2D eigenvalue weighted by molar-refractivity contribution is 7.91. The van der Waals surface area contributed by atoms with Gasteiger partial charge in [-0.15, -0.1) is 11.3 Å². The summed E-state index contributed by atoms with van der Waals surface area (Å²) in [7, 11) is -1.73. The summed E-state index contributed by atoms with van der Waals surface area (Å²) in [5, 5.41) is 0. The van der Waals surface area contributed by atoms with Gasteiger partial charge in [0.05, 0.1) is 0 Å². The summed E-state index contributed by atoms with van der Waals surface area (Å²) >= 11 is 1.25. The topological polar surface area (TPSA) is 72.6 Å². The summed E-state index contributed by atoms with van der Waals surface area (Å²) < 4.78 is 31.9. The van der Waals surface area contributed by atoms with E-state index in [0.29, 0.717) is 23.2 Å². The maximum Gasteiger partial charge on any atom is 0.252 e. The van der Waals surface area contributed by atoms with Crippen molar-refractivity contribution >= 4 is 21.4 Å². The SMILES string of the molecule is CN(CC1CCOCC1)S(=O)(=O)c1ccc(CN)s1. The molecule has 0 unspecified atom stereocenters. The molecule has 2 N–H and O–H groups in total. The van der Waals surface area contributed by atoms with E-state index in [0.717, 1.165) is 30.9 Å². The number of hydrogen-bond acceptors (Lipinski definition) is 5. The molecule has 1 aromatic rings. The molecule has 0 amide bonds. The van der Waals surface area contributed by atoms with Crippen LogP contribution in [0.25, 0.3) is 0 Å². The molecule has 108 valence electrons. The van der Waals surface area contributed by atoms with Crippen molar-refractivity contribution < 1.29 is 13.2 Å². The molecule has 1 aromatic heterocycles. The van der Waals surface area contributed by atoms with E-state index in [2.05, 4.69) is 0 Å². The standard InChI is InChI=1S/C12H20N2O3S2/c1-14(9-10-4-6-17-7-5-10)19(15,16)12-3-2-11(8-13)18-12/h2-3,10H,4-9,13H2,1H3. The van der Waals surface area contributed by atoms with Gasteiger partial charge in [0.15, 0.2) is 0 Å². The van der Waals surface area contributed by atoms with Crippen LogP contribution in [0.4, 0.5) is 0 Å². The van der Waals surface area contributed by atoms with Crippen LogP contribution in [0.15, 0.2) is 16.3 Å². The molecule has 1 aliphatic heterocycles. The zero-order chi connectivity index (χ0) is 13.9. The Labute approximate surface area is 118 Å². The van der Waals surface area contributed by atoms with Gasteiger partial charge < -0.3 is 10.5 Å². The predicted octanol–water partition coefficient (Wildman–Crippen LogP) is 1.25. The van der Waals surface area contributed by atoms with Crippen molar-refractivity contribution in [2.24, 2.45) is 11.7 Å². The molecule has 7 heteroatoms. The molecule has 0 aromatic carbocycles. The largest absolute Gasteiger partial charge is 0.381 e. The summed E-state index contributed by atoms with van der Waals surface area (Å²) in [6.45, 7) is 2.40. The minimum absolute atomic E-state index is 0.377. The molecule has 0 radical (unpaired) electrons. The van der Waals surface area contributed by atoms with E-state index in [-0.39, 0.29) is 0 Å². The van der Waals surface area contributed by atoms with Crippen molar-refractivity contribution in [2.45, 2.75) is 23.6 Å². The van der Waals surface area contributed by atoms with Crippen LogP contribution in [-0.4, -0.2) is 39.5 Å². The van der Waals surface area contributed by atoms with E-state index in [4.69, 9.17) is 10.5 Å². The maximum absolute atomic E-state index is 12.4. The molecular weight excluding hydrogens is 284 g/mol. The number of ether oxygens (including phenoxy) is 1. The molecule has 1 aliphatic rings. The van der Waals surface area contributed by atoms with Crippen LogP contribution in [-0.2, 0) is 21.3 Å². The van der Waals surface area contributed by atoms with Crippen molar-refractivity contribution in [1.82, 2.24) is 4.31 Å². The summed E-state index contributed by atoms with van der Waals surface area (Å²) in [4.78, 5) is 0.887. The fourth-order valence-corrected chi connectivity index (χ4v) is 4.84. The second-order valence-corrected chi connectivity index (χ2v) is 8.21. The van der Waals surface area contributed by atoms with Gasteiger partial charge in [0.25, 0.3) is 10.0 Å². The van der Waals surface area contributed by atoms with Gasteiger partial charge in [0.2, 0.25) is 0 Å². The summed E-state index contributed by atoms with van der Waals surface area (Å²) in [5.41, 5.74) is 5.52. The fraction of sp³-hybridized carbons (Fsp3) is 0.667. The van der Waals surface area contributed by atoms with Crippen LogP contribution in [0.2, 0.25) is 0 Å². The highest BCUT2D eigenvalue weighted by Gasteiger charge is 2.26. The Morgan fingerprint density at radius 3 is 2.68 bits per heavy atom. The van der Waals surface area contributed by atoms with Gasteiger partial charge in [-0.3, -0.25) is 0 Å². The third kappa shape index (κ3) is 3.55. The van der Waals surface area contributed by atoms with E-state index >= 15 is 0 Å². The lowest BCUT2D eigenvalue weighted by molar-refractivity contribution is 0.0620. The number of nitrogens with two attached hydrogens (primary N) is 1. The first-order chi connectivity index (χ1) is 9.04. The fourth-order valence-electron chi connectivity index (χ4n) is 2.15. The number of hydrogen-bond donors (Lipinski definition) is 1. The molecule has 5 nitrogen and oxygen atoms in total. The third-order valence-electron chi connectivity index (χ3n) is 3.36. The molecule has 1 fully saturated rings. The van der Waals surface area contributed by atoms with Crippen molar-refractivity contribution in [3.63, 3.8) is 0 Å². The predicted molar refractivity (Wildman–Crippen MR) is 75.6 cm³/mol. The Balaban J connectivity index is 2.05. The molecular formula is C12H20N2O3S2. The Morgan fingerprint density at radius 2 is 2.11 bits per heavy atom. The zero-order valence-corrected chi connectivity index (χ0v) is 12.7. The Hall–Kier alpha value is -0.470. The molecule has 1 saturated heterocycles. The minimum atomic E-state index is -3.37. The second kappa shape index (κ2) is 6.32. The summed E-state index contributed by atoms with van der Waals surface area (Å²) in [5.74, 6) is 0.391. The number of thiophene rings is 1. The van der Waals surface area contributed by atoms with Gasteiger partial charge in [-0.25, -0.2) is 8.42 Å². The van der Waals surface area contributed by atoms with E-state index in [1.807, 2.05) is 0 Å². The van der Waals surface area contributed by atoms with Crippen LogP contribution < -0.4 is 5.73 Å². The molecule has 0 bridgehead atoms. The molecule has 0 spiro atoms. The molecule has 19 heavy (non-hydrogen) atoms. The number of sulfonamides is 1. The quantitative estimate of drug-likeness (QED) is 0.888. The van der Waals surface area contributed by atoms with Gasteiger partial charge in [0.1, 0.15) is 4.21 Å². The van der Waals surface area contributed by atoms with E-state index in [1.165, 1.54) is 15.6 Å². The van der Waals surface area contributed by atoms with Crippen molar-refractivity contribution in [3.8, 4) is 0 Å². The molecule has 0 aliphatic carbocycles.